The number of nitrogens with zero attached hydrogens (tertiary/aromatic N) is 1. The number of amides is 1. The maximum absolute atomic E-state index is 13.1. The van der Waals surface area contributed by atoms with Crippen LogP contribution in [0.5, 0.6) is 17.2 Å². The van der Waals surface area contributed by atoms with E-state index in [1.54, 1.807) is 0 Å². The monoisotopic (exact) mass is 462 g/mol. The van der Waals surface area contributed by atoms with Crippen molar-refractivity contribution in [2.45, 2.75) is 17.9 Å². The number of fused-ring (bicyclic) bond motifs is 1. The van der Waals surface area contributed by atoms with Gasteiger partial charge < -0.3 is 24.3 Å². The number of benzene rings is 2. The second kappa shape index (κ2) is 9.35. The van der Waals surface area contributed by atoms with Crippen LogP contribution >= 0.6 is 0 Å². The molecule has 4 rings (SSSR count). The summed E-state index contributed by atoms with van der Waals surface area (Å²) in [6.07, 6.45) is 0. The molecule has 0 aromatic heterocycles. The largest absolute Gasteiger partial charge is 0.496 e. The molecule has 1 atom stereocenters. The highest BCUT2D eigenvalue weighted by molar-refractivity contribution is 7.89. The van der Waals surface area contributed by atoms with Crippen molar-refractivity contribution in [3.8, 4) is 17.2 Å². The Labute approximate surface area is 187 Å². The number of ether oxygens (including phenoxy) is 4. The van der Waals surface area contributed by atoms with Crippen LogP contribution in [0.15, 0.2) is 41.3 Å². The number of hydrogen-bond donors (Lipinski definition) is 1. The second-order valence-electron chi connectivity index (χ2n) is 7.48. The topological polar surface area (TPSA) is 103 Å². The molecule has 2 aromatic carbocycles. The molecule has 1 amide bonds. The molecule has 0 bridgehead atoms. The lowest BCUT2D eigenvalue weighted by Crippen LogP contribution is -2.40. The van der Waals surface area contributed by atoms with E-state index in [-0.39, 0.29) is 35.3 Å². The summed E-state index contributed by atoms with van der Waals surface area (Å²) < 4.78 is 49.1. The fourth-order valence-corrected chi connectivity index (χ4v) is 5.08. The van der Waals surface area contributed by atoms with Crippen LogP contribution < -0.4 is 19.5 Å². The van der Waals surface area contributed by atoms with E-state index < -0.39 is 15.9 Å². The fourth-order valence-electron chi connectivity index (χ4n) is 3.65. The Morgan fingerprint density at radius 3 is 2.47 bits per heavy atom. The Hall–Kier alpha value is -2.82. The average Bonchev–Trinajstić information content (AvgIpc) is 2.83. The van der Waals surface area contributed by atoms with E-state index in [2.05, 4.69) is 5.32 Å². The molecule has 1 unspecified atom stereocenters. The molecule has 1 fully saturated rings. The van der Waals surface area contributed by atoms with Gasteiger partial charge in [0.25, 0.3) is 5.91 Å². The first-order chi connectivity index (χ1) is 15.4. The molecule has 0 aliphatic carbocycles. The molecule has 2 heterocycles. The number of nitrogens with one attached hydrogen (secondary N) is 1. The Balaban J connectivity index is 1.56. The number of carbonyl (C=O) groups excluding carboxylic acids is 1. The third-order valence-corrected chi connectivity index (χ3v) is 7.33. The van der Waals surface area contributed by atoms with Gasteiger partial charge in [0.15, 0.2) is 11.5 Å². The second-order valence-corrected chi connectivity index (χ2v) is 9.41. The van der Waals surface area contributed by atoms with E-state index in [1.807, 2.05) is 25.1 Å². The minimum atomic E-state index is -3.75. The lowest BCUT2D eigenvalue weighted by molar-refractivity contribution is 0.0730. The van der Waals surface area contributed by atoms with Crippen LogP contribution in [0, 0.1) is 0 Å². The van der Waals surface area contributed by atoms with Crippen LogP contribution in [0.3, 0.4) is 0 Å². The summed E-state index contributed by atoms with van der Waals surface area (Å²) in [7, 11) is -2.31. The van der Waals surface area contributed by atoms with Crippen LogP contribution in [0.25, 0.3) is 0 Å². The van der Waals surface area contributed by atoms with Gasteiger partial charge in [-0.15, -0.1) is 0 Å². The van der Waals surface area contributed by atoms with Crippen LogP contribution in [-0.4, -0.2) is 65.3 Å². The highest BCUT2D eigenvalue weighted by Crippen LogP contribution is 2.33. The number of morpholine rings is 1. The highest BCUT2D eigenvalue weighted by Gasteiger charge is 2.28. The molecule has 10 heteroatoms. The molecule has 1 N–H and O–H groups in total. The number of hydrogen-bond acceptors (Lipinski definition) is 7. The van der Waals surface area contributed by atoms with Crippen LogP contribution in [0.2, 0.25) is 0 Å². The van der Waals surface area contributed by atoms with Crippen molar-refractivity contribution in [1.82, 2.24) is 9.62 Å². The first-order valence-corrected chi connectivity index (χ1v) is 11.8. The zero-order valence-corrected chi connectivity index (χ0v) is 18.8. The van der Waals surface area contributed by atoms with E-state index in [0.29, 0.717) is 37.9 Å². The molecule has 32 heavy (non-hydrogen) atoms. The van der Waals surface area contributed by atoms with Gasteiger partial charge >= 0.3 is 0 Å². The molecule has 9 nitrogen and oxygen atoms in total. The van der Waals surface area contributed by atoms with Gasteiger partial charge in [0.1, 0.15) is 19.0 Å². The first kappa shape index (κ1) is 22.4. The molecule has 2 aliphatic rings. The van der Waals surface area contributed by atoms with Crippen molar-refractivity contribution in [3.05, 3.63) is 47.5 Å². The number of carbonyl (C=O) groups is 1. The summed E-state index contributed by atoms with van der Waals surface area (Å²) in [4.78, 5) is 13.1. The van der Waals surface area contributed by atoms with Gasteiger partial charge in [-0.05, 0) is 42.8 Å². The first-order valence-electron chi connectivity index (χ1n) is 10.4. The summed E-state index contributed by atoms with van der Waals surface area (Å²) in [5.41, 5.74) is 0.977. The van der Waals surface area contributed by atoms with E-state index >= 15 is 0 Å². The standard InChI is InChI=1S/C22H26N2O7S/c1-15(16-3-5-20-21(13-16)31-12-11-30-20)23-22(25)18-14-17(4-6-19(18)28-2)32(26,27)24-7-9-29-10-8-24/h3-6,13-15H,7-12H2,1-2H3,(H,23,25). The third-order valence-electron chi connectivity index (χ3n) is 5.44. The Bertz CT molecular complexity index is 1100. The zero-order chi connectivity index (χ0) is 22.7. The lowest BCUT2D eigenvalue weighted by atomic mass is 10.1. The number of methoxy groups -OCH3 is 1. The Morgan fingerprint density at radius 2 is 1.75 bits per heavy atom. The Morgan fingerprint density at radius 1 is 1.03 bits per heavy atom. The predicted octanol–water partition coefficient (Wildman–Crippen LogP) is 1.98. The van der Waals surface area contributed by atoms with Crippen LogP contribution in [0.4, 0.5) is 0 Å². The molecule has 0 radical (unpaired) electrons. The molecule has 2 aromatic rings. The maximum Gasteiger partial charge on any atom is 0.255 e. The predicted molar refractivity (Wildman–Crippen MR) is 116 cm³/mol. The van der Waals surface area contributed by atoms with Gasteiger partial charge in [-0.1, -0.05) is 6.07 Å². The minimum absolute atomic E-state index is 0.0392. The van der Waals surface area contributed by atoms with Crippen molar-refractivity contribution < 1.29 is 32.2 Å². The van der Waals surface area contributed by atoms with Crippen molar-refractivity contribution in [1.29, 1.82) is 0 Å². The molecular formula is C22H26N2O7S. The summed E-state index contributed by atoms with van der Waals surface area (Å²) >= 11 is 0. The smallest absolute Gasteiger partial charge is 0.255 e. The van der Waals surface area contributed by atoms with Gasteiger partial charge in [-0.2, -0.15) is 4.31 Å². The van der Waals surface area contributed by atoms with E-state index in [9.17, 15) is 13.2 Å². The van der Waals surface area contributed by atoms with E-state index in [0.717, 1.165) is 5.56 Å². The average molecular weight is 463 g/mol. The fraction of sp³-hybridized carbons (Fsp3) is 0.409. The van der Waals surface area contributed by atoms with Gasteiger partial charge in [0.2, 0.25) is 10.0 Å². The molecule has 172 valence electrons. The van der Waals surface area contributed by atoms with Crippen molar-refractivity contribution in [3.63, 3.8) is 0 Å². The molecule has 2 aliphatic heterocycles. The minimum Gasteiger partial charge on any atom is -0.496 e. The number of rotatable bonds is 6. The van der Waals surface area contributed by atoms with Crippen molar-refractivity contribution in [2.24, 2.45) is 0 Å². The molecule has 1 saturated heterocycles. The highest BCUT2D eigenvalue weighted by atomic mass is 32.2. The Kier molecular flexibility index (Phi) is 6.54. The molecule has 0 spiro atoms. The van der Waals surface area contributed by atoms with Gasteiger partial charge in [-0.3, -0.25) is 4.79 Å². The normalized spacial score (nSPS) is 17.4. The summed E-state index contributed by atoms with van der Waals surface area (Å²) in [5.74, 6) is 1.15. The van der Waals surface area contributed by atoms with E-state index in [1.165, 1.54) is 29.6 Å². The van der Waals surface area contributed by atoms with Gasteiger partial charge in [-0.25, -0.2) is 8.42 Å². The quantitative estimate of drug-likeness (QED) is 0.700. The van der Waals surface area contributed by atoms with Gasteiger partial charge in [0.05, 0.1) is 36.8 Å². The molecule has 0 saturated carbocycles. The van der Waals surface area contributed by atoms with Crippen molar-refractivity contribution in [2.75, 3.05) is 46.6 Å². The summed E-state index contributed by atoms with van der Waals surface area (Å²) in [6, 6.07) is 9.44. The van der Waals surface area contributed by atoms with Crippen LogP contribution in [0.1, 0.15) is 28.9 Å². The summed E-state index contributed by atoms with van der Waals surface area (Å²) in [6.45, 7) is 4.05. The zero-order valence-electron chi connectivity index (χ0n) is 18.0. The van der Waals surface area contributed by atoms with Crippen LogP contribution in [-0.2, 0) is 14.8 Å². The molecular weight excluding hydrogens is 436 g/mol. The van der Waals surface area contributed by atoms with Gasteiger partial charge in [0, 0.05) is 13.1 Å². The van der Waals surface area contributed by atoms with Crippen molar-refractivity contribution >= 4 is 15.9 Å². The SMILES string of the molecule is COc1ccc(S(=O)(=O)N2CCOCC2)cc1C(=O)NC(C)c1ccc2c(c1)OCCO2. The lowest BCUT2D eigenvalue weighted by Gasteiger charge is -2.26. The van der Waals surface area contributed by atoms with E-state index in [4.69, 9.17) is 18.9 Å². The number of sulfonamides is 1. The third kappa shape index (κ3) is 4.52. The summed E-state index contributed by atoms with van der Waals surface area (Å²) in [5, 5.41) is 2.91. The maximum atomic E-state index is 13.1.